The topological polar surface area (TPSA) is 46.1 Å². The average molecular weight is 214 g/mol. The number of hydrogen-bond acceptors (Lipinski definition) is 2. The van der Waals surface area contributed by atoms with Gasteiger partial charge in [0.1, 0.15) is 0 Å². The van der Waals surface area contributed by atoms with Crippen LogP contribution in [0.25, 0.3) is 0 Å². The standard InChI is InChI=1S/2C5H11O.Ca/c2*1-4-5(2,3)6;/h2*4H2,1-3H3;/q2*-1;+2. The molecule has 0 fully saturated rings. The Kier molecular flexibility index (Phi) is 12.9. The minimum Gasteiger partial charge on any atom is -0.850 e. The first-order valence-electron chi connectivity index (χ1n) is 4.53. The van der Waals surface area contributed by atoms with E-state index in [2.05, 4.69) is 0 Å². The van der Waals surface area contributed by atoms with E-state index in [9.17, 15) is 10.2 Å². The predicted molar refractivity (Wildman–Crippen MR) is 54.5 cm³/mol. The van der Waals surface area contributed by atoms with Gasteiger partial charge in [0.25, 0.3) is 0 Å². The minimum absolute atomic E-state index is 0. The summed E-state index contributed by atoms with van der Waals surface area (Å²) in [4.78, 5) is 0. The van der Waals surface area contributed by atoms with Gasteiger partial charge in [0.15, 0.2) is 0 Å². The Balaban J connectivity index is -0.000000143. The molecule has 0 saturated heterocycles. The maximum Gasteiger partial charge on any atom is 2.00 e. The van der Waals surface area contributed by atoms with Crippen molar-refractivity contribution in [3.05, 3.63) is 0 Å². The largest absolute Gasteiger partial charge is 2.00 e. The molecule has 0 rings (SSSR count). The van der Waals surface area contributed by atoms with Gasteiger partial charge in [0.05, 0.1) is 0 Å². The molecule has 3 heteroatoms. The van der Waals surface area contributed by atoms with E-state index < -0.39 is 11.2 Å². The van der Waals surface area contributed by atoms with Crippen LogP contribution in [-0.2, 0) is 0 Å². The molecule has 76 valence electrons. The normalized spacial score (nSPS) is 11.1. The van der Waals surface area contributed by atoms with Crippen LogP contribution in [0.15, 0.2) is 0 Å². The van der Waals surface area contributed by atoms with Crippen molar-refractivity contribution in [2.45, 2.75) is 65.6 Å². The molecule has 2 nitrogen and oxygen atoms in total. The molecule has 0 aliphatic heterocycles. The van der Waals surface area contributed by atoms with E-state index >= 15 is 0 Å². The number of rotatable bonds is 2. The Labute approximate surface area is 113 Å². The summed E-state index contributed by atoms with van der Waals surface area (Å²) in [7, 11) is 0. The summed E-state index contributed by atoms with van der Waals surface area (Å²) in [5.41, 5.74) is -1.42. The molecule has 13 heavy (non-hydrogen) atoms. The average Bonchev–Trinajstić information content (AvgIpc) is 1.86. The van der Waals surface area contributed by atoms with Gasteiger partial charge < -0.3 is 10.2 Å². The third-order valence-corrected chi connectivity index (χ3v) is 1.70. The van der Waals surface area contributed by atoms with Crippen LogP contribution in [0.1, 0.15) is 54.4 Å². The van der Waals surface area contributed by atoms with Gasteiger partial charge in [-0.3, -0.25) is 0 Å². The third kappa shape index (κ3) is 32.0. The molecule has 0 unspecified atom stereocenters. The summed E-state index contributed by atoms with van der Waals surface area (Å²) in [6.45, 7) is 10.5. The van der Waals surface area contributed by atoms with E-state index in [1.54, 1.807) is 27.7 Å². The second-order valence-corrected chi connectivity index (χ2v) is 4.23. The van der Waals surface area contributed by atoms with Crippen LogP contribution in [0, 0.1) is 0 Å². The van der Waals surface area contributed by atoms with Crippen molar-refractivity contribution in [1.29, 1.82) is 0 Å². The van der Waals surface area contributed by atoms with Crippen molar-refractivity contribution in [3.63, 3.8) is 0 Å². The van der Waals surface area contributed by atoms with Gasteiger partial charge in [-0.2, -0.15) is 0 Å². The Hall–Kier alpha value is 1.18. The Morgan fingerprint density at radius 3 is 0.846 bits per heavy atom. The van der Waals surface area contributed by atoms with E-state index in [4.69, 9.17) is 0 Å². The third-order valence-electron chi connectivity index (χ3n) is 1.70. The second-order valence-electron chi connectivity index (χ2n) is 4.23. The zero-order valence-electron chi connectivity index (χ0n) is 9.94. The molecule has 0 heterocycles. The van der Waals surface area contributed by atoms with Gasteiger partial charge in [0.2, 0.25) is 0 Å². The first-order chi connectivity index (χ1) is 5.12. The van der Waals surface area contributed by atoms with Crippen molar-refractivity contribution >= 4 is 37.7 Å². The van der Waals surface area contributed by atoms with Crippen molar-refractivity contribution in [3.8, 4) is 0 Å². The molecule has 0 spiro atoms. The van der Waals surface area contributed by atoms with Gasteiger partial charge in [0, 0.05) is 0 Å². The molecular weight excluding hydrogens is 192 g/mol. The maximum absolute atomic E-state index is 10.5. The summed E-state index contributed by atoms with van der Waals surface area (Å²) >= 11 is 0. The van der Waals surface area contributed by atoms with E-state index in [1.165, 1.54) is 0 Å². The predicted octanol–water partition coefficient (Wildman–Crippen LogP) is 0.690. The monoisotopic (exact) mass is 214 g/mol. The van der Waals surface area contributed by atoms with Gasteiger partial charge in [-0.1, -0.05) is 54.4 Å². The van der Waals surface area contributed by atoms with Crippen LogP contribution in [0.5, 0.6) is 0 Å². The van der Waals surface area contributed by atoms with E-state index in [0.29, 0.717) is 12.8 Å². The van der Waals surface area contributed by atoms with Gasteiger partial charge >= 0.3 is 37.7 Å². The Morgan fingerprint density at radius 1 is 0.769 bits per heavy atom. The SMILES string of the molecule is CCC(C)(C)[O-].CCC(C)(C)[O-].[Ca+2]. The fraction of sp³-hybridized carbons (Fsp3) is 1.00. The van der Waals surface area contributed by atoms with Crippen molar-refractivity contribution in [1.82, 2.24) is 0 Å². The van der Waals surface area contributed by atoms with Crippen molar-refractivity contribution in [2.75, 3.05) is 0 Å². The van der Waals surface area contributed by atoms with Gasteiger partial charge in [-0.25, -0.2) is 0 Å². The molecule has 0 aliphatic carbocycles. The minimum atomic E-state index is -0.708. The first kappa shape index (κ1) is 19.7. The smallest absolute Gasteiger partial charge is 0.850 e. The summed E-state index contributed by atoms with van der Waals surface area (Å²) in [6, 6.07) is 0. The van der Waals surface area contributed by atoms with Crippen molar-refractivity contribution < 1.29 is 10.2 Å². The molecule has 0 aromatic carbocycles. The second kappa shape index (κ2) is 8.49. The fourth-order valence-corrected chi connectivity index (χ4v) is 0. The molecule has 0 bridgehead atoms. The van der Waals surface area contributed by atoms with Crippen LogP contribution in [0.3, 0.4) is 0 Å². The zero-order chi connectivity index (χ0) is 10.4. The molecular formula is C10H22CaO2. The van der Waals surface area contributed by atoms with Crippen LogP contribution >= 0.6 is 0 Å². The zero-order valence-corrected chi connectivity index (χ0v) is 12.1. The van der Waals surface area contributed by atoms with Crippen LogP contribution in [0.2, 0.25) is 0 Å². The molecule has 0 saturated carbocycles. The maximum atomic E-state index is 10.5. The van der Waals surface area contributed by atoms with Crippen LogP contribution in [0.4, 0.5) is 0 Å². The number of hydrogen-bond donors (Lipinski definition) is 0. The van der Waals surface area contributed by atoms with E-state index in [1.807, 2.05) is 13.8 Å². The van der Waals surface area contributed by atoms with Gasteiger partial charge in [-0.05, 0) is 0 Å². The van der Waals surface area contributed by atoms with E-state index in [0.717, 1.165) is 0 Å². The van der Waals surface area contributed by atoms with Gasteiger partial charge in [-0.15, -0.1) is 11.2 Å². The molecule has 0 atom stereocenters. The van der Waals surface area contributed by atoms with Crippen LogP contribution in [-0.4, -0.2) is 48.9 Å². The first-order valence-corrected chi connectivity index (χ1v) is 4.53. The molecule has 0 amide bonds. The molecule has 0 radical (unpaired) electrons. The Morgan fingerprint density at radius 2 is 0.846 bits per heavy atom. The molecule has 0 aromatic heterocycles. The summed E-state index contributed by atoms with van der Waals surface area (Å²) in [5.74, 6) is 0. The molecule has 0 aromatic rings. The van der Waals surface area contributed by atoms with Crippen molar-refractivity contribution in [2.24, 2.45) is 0 Å². The molecule has 0 aliphatic rings. The quantitative estimate of drug-likeness (QED) is 0.635. The molecule has 0 N–H and O–H groups in total. The summed E-state index contributed by atoms with van der Waals surface area (Å²) in [5, 5.41) is 20.9. The Bertz CT molecular complexity index is 86.5. The van der Waals surface area contributed by atoms with Crippen LogP contribution < -0.4 is 10.2 Å². The summed E-state index contributed by atoms with van der Waals surface area (Å²) in [6.07, 6.45) is 1.43. The summed E-state index contributed by atoms with van der Waals surface area (Å²) < 4.78 is 0. The van der Waals surface area contributed by atoms with E-state index in [-0.39, 0.29) is 37.7 Å². The fourth-order valence-electron chi connectivity index (χ4n) is 0.